The van der Waals surface area contributed by atoms with E-state index < -0.39 is 10.7 Å². The molecule has 0 bridgehead atoms. The summed E-state index contributed by atoms with van der Waals surface area (Å²) in [6.45, 7) is 2.57. The summed E-state index contributed by atoms with van der Waals surface area (Å²) >= 11 is 0. The van der Waals surface area contributed by atoms with Crippen LogP contribution < -0.4 is 4.74 Å². The fraction of sp³-hybridized carbons (Fsp3) is 0.182. The third-order valence-electron chi connectivity index (χ3n) is 4.97. The molecule has 0 spiro atoms. The van der Waals surface area contributed by atoms with Crippen molar-refractivity contribution in [3.8, 4) is 5.75 Å². The van der Waals surface area contributed by atoms with Gasteiger partial charge in [0.25, 0.3) is 0 Å². The summed E-state index contributed by atoms with van der Waals surface area (Å²) in [7, 11) is 0. The molecule has 10 nitrogen and oxygen atoms in total. The highest BCUT2D eigenvalue weighted by molar-refractivity contribution is 6.08. The van der Waals surface area contributed by atoms with Gasteiger partial charge in [0.05, 0.1) is 12.7 Å². The van der Waals surface area contributed by atoms with Gasteiger partial charge >= 0.3 is 5.82 Å². The van der Waals surface area contributed by atoms with Crippen LogP contribution in [0.5, 0.6) is 5.75 Å². The maximum Gasteiger partial charge on any atom is 0.342 e. The van der Waals surface area contributed by atoms with E-state index in [1.54, 1.807) is 42.1 Å². The molecule has 0 aliphatic heterocycles. The van der Waals surface area contributed by atoms with E-state index in [-0.39, 0.29) is 18.2 Å². The first-order valence-electron chi connectivity index (χ1n) is 9.99. The van der Waals surface area contributed by atoms with Gasteiger partial charge in [-0.05, 0) is 53.5 Å². The van der Waals surface area contributed by atoms with Crippen LogP contribution in [-0.2, 0) is 19.7 Å². The van der Waals surface area contributed by atoms with Crippen LogP contribution in [0, 0.1) is 22.9 Å². The second kappa shape index (κ2) is 9.39. The van der Waals surface area contributed by atoms with Crippen LogP contribution in [0.4, 0.5) is 10.2 Å². The van der Waals surface area contributed by atoms with E-state index >= 15 is 0 Å². The van der Waals surface area contributed by atoms with E-state index in [1.807, 2.05) is 0 Å². The maximum atomic E-state index is 13.0. The second-order valence-corrected chi connectivity index (χ2v) is 7.19. The molecule has 0 saturated carbocycles. The Hall–Kier alpha value is -4.41. The summed E-state index contributed by atoms with van der Waals surface area (Å²) in [5.41, 5.74) is 1.44. The summed E-state index contributed by atoms with van der Waals surface area (Å²) in [6.07, 6.45) is 2.93. The lowest BCUT2D eigenvalue weighted by molar-refractivity contribution is -0.392. The average Bonchev–Trinajstić information content (AvgIpc) is 3.43. The Kier molecular flexibility index (Phi) is 6.20. The van der Waals surface area contributed by atoms with E-state index in [2.05, 4.69) is 15.3 Å². The zero-order valence-corrected chi connectivity index (χ0v) is 17.6. The highest BCUT2D eigenvalue weighted by Crippen LogP contribution is 2.17. The molecule has 0 unspecified atom stereocenters. The fourth-order valence-electron chi connectivity index (χ4n) is 3.22. The number of carbonyl (C=O) groups is 1. The van der Waals surface area contributed by atoms with Crippen molar-refractivity contribution in [2.75, 3.05) is 0 Å². The number of nitrogens with zero attached hydrogens (tertiary/aromatic N) is 6. The number of ether oxygens (including phenoxy) is 1. The Morgan fingerprint density at radius 3 is 2.42 bits per heavy atom. The number of nitro groups is 1. The molecule has 168 valence electrons. The van der Waals surface area contributed by atoms with E-state index in [0.29, 0.717) is 41.5 Å². The molecule has 11 heteroatoms. The summed E-state index contributed by atoms with van der Waals surface area (Å²) in [5, 5.41) is 19.1. The van der Waals surface area contributed by atoms with Gasteiger partial charge in [-0.1, -0.05) is 5.21 Å². The average molecular weight is 450 g/mol. The van der Waals surface area contributed by atoms with Crippen LogP contribution in [-0.4, -0.2) is 35.3 Å². The summed E-state index contributed by atoms with van der Waals surface area (Å²) in [6, 6.07) is 12.0. The molecule has 33 heavy (non-hydrogen) atoms. The van der Waals surface area contributed by atoms with Crippen molar-refractivity contribution >= 4 is 11.6 Å². The molecule has 2 aromatic carbocycles. The first kappa shape index (κ1) is 21.8. The van der Waals surface area contributed by atoms with Crippen LogP contribution in [0.3, 0.4) is 0 Å². The van der Waals surface area contributed by atoms with Crippen molar-refractivity contribution in [1.29, 1.82) is 0 Å². The molecule has 0 radical (unpaired) electrons. The standard InChI is InChI=1S/C22H19FN6O4/c1-15-24-12-21(29(31)32)28(15)11-10-27-13-19(25-26-27)14-33-20-8-4-17(5-9-20)22(30)16-2-6-18(23)7-3-16/h2-9,12-13H,10-11,14H2,1H3. The van der Waals surface area contributed by atoms with Crippen molar-refractivity contribution < 1.29 is 18.8 Å². The van der Waals surface area contributed by atoms with Gasteiger partial charge in [0.2, 0.25) is 0 Å². The zero-order chi connectivity index (χ0) is 23.4. The lowest BCUT2D eigenvalue weighted by Gasteiger charge is -2.06. The molecule has 2 aromatic heterocycles. The van der Waals surface area contributed by atoms with Crippen LogP contribution in [0.1, 0.15) is 27.4 Å². The molecule has 4 aromatic rings. The minimum absolute atomic E-state index is 0.0717. The third-order valence-corrected chi connectivity index (χ3v) is 4.97. The minimum Gasteiger partial charge on any atom is -0.487 e. The monoisotopic (exact) mass is 450 g/mol. The second-order valence-electron chi connectivity index (χ2n) is 7.19. The number of imidazole rings is 1. The number of benzene rings is 2. The Morgan fingerprint density at radius 2 is 1.76 bits per heavy atom. The lowest BCUT2D eigenvalue weighted by Crippen LogP contribution is -2.11. The topological polar surface area (TPSA) is 118 Å². The largest absolute Gasteiger partial charge is 0.487 e. The minimum atomic E-state index is -0.473. The van der Waals surface area contributed by atoms with Crippen LogP contribution in [0.25, 0.3) is 0 Å². The molecule has 0 atom stereocenters. The highest BCUT2D eigenvalue weighted by atomic mass is 19.1. The van der Waals surface area contributed by atoms with E-state index in [0.717, 1.165) is 0 Å². The van der Waals surface area contributed by atoms with Crippen molar-refractivity contribution in [2.24, 2.45) is 0 Å². The van der Waals surface area contributed by atoms with Gasteiger partial charge in [0, 0.05) is 18.1 Å². The molecule has 0 saturated heterocycles. The maximum absolute atomic E-state index is 13.0. The molecule has 0 fully saturated rings. The van der Waals surface area contributed by atoms with E-state index in [1.165, 1.54) is 35.0 Å². The predicted octanol–water partition coefficient (Wildman–Crippen LogP) is 3.34. The Labute approximate surface area is 187 Å². The van der Waals surface area contributed by atoms with Gasteiger partial charge in [-0.25, -0.2) is 18.6 Å². The molecule has 0 N–H and O–H groups in total. The summed E-state index contributed by atoms with van der Waals surface area (Å²) in [4.78, 5) is 27.0. The van der Waals surface area contributed by atoms with Gasteiger partial charge in [-0.3, -0.25) is 4.79 Å². The Morgan fingerprint density at radius 1 is 1.09 bits per heavy atom. The van der Waals surface area contributed by atoms with E-state index in [9.17, 15) is 19.3 Å². The van der Waals surface area contributed by atoms with Crippen molar-refractivity contribution in [3.63, 3.8) is 0 Å². The van der Waals surface area contributed by atoms with Gasteiger partial charge < -0.3 is 14.9 Å². The number of carbonyl (C=O) groups excluding carboxylic acids is 1. The Bertz CT molecular complexity index is 1280. The Balaban J connectivity index is 1.32. The van der Waals surface area contributed by atoms with Crippen LogP contribution in [0.15, 0.2) is 60.9 Å². The third kappa shape index (κ3) is 5.09. The van der Waals surface area contributed by atoms with Gasteiger partial charge in [-0.15, -0.1) is 5.10 Å². The van der Waals surface area contributed by atoms with Crippen molar-refractivity contribution in [3.05, 3.63) is 99.5 Å². The number of hydrogen-bond donors (Lipinski definition) is 0. The van der Waals surface area contributed by atoms with Crippen LogP contribution >= 0.6 is 0 Å². The molecule has 4 rings (SSSR count). The number of rotatable bonds is 9. The SMILES string of the molecule is Cc1ncc([N+](=O)[O-])n1CCn1cc(COc2ccc(C(=O)c3ccc(F)cc3)cc2)nn1. The summed E-state index contributed by atoms with van der Waals surface area (Å²) in [5.74, 6) is 0.414. The fourth-order valence-corrected chi connectivity index (χ4v) is 3.22. The molecular formula is C22H19FN6O4. The van der Waals surface area contributed by atoms with Gasteiger partial charge in [0.1, 0.15) is 36.6 Å². The number of aryl methyl sites for hydroxylation is 2. The van der Waals surface area contributed by atoms with Crippen molar-refractivity contribution in [1.82, 2.24) is 24.5 Å². The highest BCUT2D eigenvalue weighted by Gasteiger charge is 2.17. The molecule has 0 aliphatic rings. The quantitative estimate of drug-likeness (QED) is 0.218. The number of hydrogen-bond acceptors (Lipinski definition) is 7. The number of ketones is 1. The normalized spacial score (nSPS) is 10.8. The predicted molar refractivity (Wildman–Crippen MR) is 114 cm³/mol. The number of aromatic nitrogens is 5. The van der Waals surface area contributed by atoms with Crippen molar-refractivity contribution in [2.45, 2.75) is 26.6 Å². The first-order valence-corrected chi connectivity index (χ1v) is 9.99. The molecule has 0 amide bonds. The first-order chi connectivity index (χ1) is 15.9. The smallest absolute Gasteiger partial charge is 0.342 e. The van der Waals surface area contributed by atoms with Crippen LogP contribution in [0.2, 0.25) is 0 Å². The number of halogens is 1. The van der Waals surface area contributed by atoms with Gasteiger partial charge in [0.15, 0.2) is 11.6 Å². The van der Waals surface area contributed by atoms with Gasteiger partial charge in [-0.2, -0.15) is 0 Å². The zero-order valence-electron chi connectivity index (χ0n) is 17.6. The lowest BCUT2D eigenvalue weighted by atomic mass is 10.0. The summed E-state index contributed by atoms with van der Waals surface area (Å²) < 4.78 is 21.8. The molecule has 0 aliphatic carbocycles. The molecule has 2 heterocycles. The van der Waals surface area contributed by atoms with E-state index in [4.69, 9.17) is 4.74 Å². The molecular weight excluding hydrogens is 431 g/mol.